The number of rotatable bonds is 5. The predicted molar refractivity (Wildman–Crippen MR) is 124 cm³/mol. The number of pyridine rings is 1. The molecule has 5 nitrogen and oxygen atoms in total. The van der Waals surface area contributed by atoms with Gasteiger partial charge in [0.2, 0.25) is 15.6 Å². The molecule has 164 valence electrons. The molecule has 0 amide bonds. The topological polar surface area (TPSA) is 79.4 Å². The number of carbonyl (C=O) groups is 1. The first kappa shape index (κ1) is 22.5. The SMILES string of the molecule is Cc1c(/C=C(/C#N)S(=O)(=O)c2ccc(Cl)cc2)c2ccccn2c1C(=O)c1ccc(F)cc1. The highest BCUT2D eigenvalue weighted by Gasteiger charge is 2.25. The van der Waals surface area contributed by atoms with Gasteiger partial charge in [-0.25, -0.2) is 12.8 Å². The van der Waals surface area contributed by atoms with Gasteiger partial charge in [-0.15, -0.1) is 0 Å². The average Bonchev–Trinajstić information content (AvgIpc) is 3.08. The molecule has 0 aliphatic rings. The van der Waals surface area contributed by atoms with Gasteiger partial charge in [-0.1, -0.05) is 17.7 Å². The van der Waals surface area contributed by atoms with Crippen LogP contribution in [0.25, 0.3) is 11.6 Å². The number of ketones is 1. The summed E-state index contributed by atoms with van der Waals surface area (Å²) >= 11 is 5.85. The monoisotopic (exact) mass is 478 g/mol. The van der Waals surface area contributed by atoms with Crippen molar-refractivity contribution in [1.82, 2.24) is 4.40 Å². The molecule has 2 aromatic heterocycles. The Balaban J connectivity index is 1.91. The van der Waals surface area contributed by atoms with Crippen LogP contribution < -0.4 is 0 Å². The van der Waals surface area contributed by atoms with Crippen LogP contribution in [0.5, 0.6) is 0 Å². The lowest BCUT2D eigenvalue weighted by molar-refractivity contribution is 0.103. The number of aromatic nitrogens is 1. The molecule has 4 rings (SSSR count). The van der Waals surface area contributed by atoms with Crippen molar-refractivity contribution in [2.75, 3.05) is 0 Å². The Morgan fingerprint density at radius 1 is 1.06 bits per heavy atom. The van der Waals surface area contributed by atoms with E-state index in [1.54, 1.807) is 41.8 Å². The summed E-state index contributed by atoms with van der Waals surface area (Å²) in [6.07, 6.45) is 2.95. The van der Waals surface area contributed by atoms with Gasteiger partial charge < -0.3 is 4.40 Å². The van der Waals surface area contributed by atoms with Crippen molar-refractivity contribution < 1.29 is 17.6 Å². The van der Waals surface area contributed by atoms with Crippen molar-refractivity contribution in [2.24, 2.45) is 0 Å². The van der Waals surface area contributed by atoms with E-state index in [1.807, 2.05) is 0 Å². The van der Waals surface area contributed by atoms with Crippen molar-refractivity contribution in [2.45, 2.75) is 11.8 Å². The van der Waals surface area contributed by atoms with E-state index in [2.05, 4.69) is 0 Å². The fourth-order valence-corrected chi connectivity index (χ4v) is 4.87. The number of nitriles is 1. The number of sulfone groups is 1. The van der Waals surface area contributed by atoms with Crippen molar-refractivity contribution in [3.8, 4) is 6.07 Å². The molecule has 0 saturated heterocycles. The Labute approximate surface area is 194 Å². The van der Waals surface area contributed by atoms with E-state index in [9.17, 15) is 22.9 Å². The lowest BCUT2D eigenvalue weighted by atomic mass is 10.0. The number of hydrogen-bond acceptors (Lipinski definition) is 4. The molecule has 4 aromatic rings. The number of fused-ring (bicyclic) bond motifs is 1. The van der Waals surface area contributed by atoms with Gasteiger partial charge in [0.1, 0.15) is 16.8 Å². The molecular weight excluding hydrogens is 463 g/mol. The van der Waals surface area contributed by atoms with Crippen molar-refractivity contribution in [3.63, 3.8) is 0 Å². The third-order valence-corrected chi connectivity index (χ3v) is 7.19. The summed E-state index contributed by atoms with van der Waals surface area (Å²) in [5.74, 6) is -0.814. The first-order chi connectivity index (χ1) is 15.7. The number of carbonyl (C=O) groups excluding carboxylic acids is 1. The lowest BCUT2D eigenvalue weighted by Crippen LogP contribution is -2.07. The molecule has 0 spiro atoms. The number of allylic oxidation sites excluding steroid dienone is 1. The normalized spacial score (nSPS) is 12.0. The van der Waals surface area contributed by atoms with E-state index in [0.29, 0.717) is 27.4 Å². The van der Waals surface area contributed by atoms with Crippen LogP contribution in [0.2, 0.25) is 5.02 Å². The van der Waals surface area contributed by atoms with E-state index in [1.165, 1.54) is 54.6 Å². The maximum absolute atomic E-state index is 13.3. The summed E-state index contributed by atoms with van der Waals surface area (Å²) in [7, 11) is -4.11. The van der Waals surface area contributed by atoms with E-state index in [-0.39, 0.29) is 16.2 Å². The second-order valence-corrected chi connectivity index (χ2v) is 9.61. The Morgan fingerprint density at radius 3 is 2.36 bits per heavy atom. The largest absolute Gasteiger partial charge is 0.313 e. The number of nitrogens with zero attached hydrogens (tertiary/aromatic N) is 2. The van der Waals surface area contributed by atoms with Crippen LogP contribution in [0.4, 0.5) is 4.39 Å². The predicted octanol–water partition coefficient (Wildman–Crippen LogP) is 5.61. The van der Waals surface area contributed by atoms with Gasteiger partial charge in [-0.2, -0.15) is 5.26 Å². The zero-order valence-corrected chi connectivity index (χ0v) is 18.9. The molecule has 33 heavy (non-hydrogen) atoms. The van der Waals surface area contributed by atoms with Crippen LogP contribution in [-0.4, -0.2) is 18.6 Å². The molecule has 2 aromatic carbocycles. The number of halogens is 2. The molecule has 8 heteroatoms. The summed E-state index contributed by atoms with van der Waals surface area (Å²) in [6, 6.07) is 17.7. The Hall–Kier alpha value is -3.73. The quantitative estimate of drug-likeness (QED) is 0.276. The molecule has 0 aliphatic heterocycles. The summed E-state index contributed by atoms with van der Waals surface area (Å²) in [5.41, 5.74) is 2.06. The van der Waals surface area contributed by atoms with E-state index >= 15 is 0 Å². The van der Waals surface area contributed by atoms with Crippen molar-refractivity contribution in [3.05, 3.63) is 111 Å². The van der Waals surface area contributed by atoms with E-state index < -0.39 is 20.6 Å². The molecule has 0 aliphatic carbocycles. The van der Waals surface area contributed by atoms with Gasteiger partial charge in [-0.3, -0.25) is 4.79 Å². The molecule has 0 unspecified atom stereocenters. The Bertz CT molecular complexity index is 1560. The van der Waals surface area contributed by atoms with Gasteiger partial charge in [0.05, 0.1) is 16.1 Å². The molecule has 2 heterocycles. The lowest BCUT2D eigenvalue weighted by Gasteiger charge is -2.04. The number of hydrogen-bond donors (Lipinski definition) is 0. The molecule has 0 fully saturated rings. The highest BCUT2D eigenvalue weighted by atomic mass is 35.5. The first-order valence-corrected chi connectivity index (χ1v) is 11.6. The van der Waals surface area contributed by atoms with Crippen LogP contribution in [0.15, 0.2) is 82.7 Å². The van der Waals surface area contributed by atoms with Gasteiger partial charge in [0.25, 0.3) is 0 Å². The molecule has 0 N–H and O–H groups in total. The average molecular weight is 479 g/mol. The molecule has 0 saturated carbocycles. The second kappa shape index (κ2) is 8.66. The highest BCUT2D eigenvalue weighted by Crippen LogP contribution is 2.30. The summed E-state index contributed by atoms with van der Waals surface area (Å²) < 4.78 is 41.1. The first-order valence-electron chi connectivity index (χ1n) is 9.76. The standard InChI is InChI=1S/C25H16ClFN2O3S/c1-16-22(14-21(15-28)33(31,32)20-11-7-18(26)8-12-20)23-4-2-3-13-29(23)24(16)25(30)17-5-9-19(27)10-6-17/h2-14H,1H3/b21-14-. The van der Waals surface area contributed by atoms with Gasteiger partial charge in [0.15, 0.2) is 0 Å². The van der Waals surface area contributed by atoms with Crippen molar-refractivity contribution in [1.29, 1.82) is 5.26 Å². The minimum atomic E-state index is -4.11. The molecule has 0 atom stereocenters. The minimum Gasteiger partial charge on any atom is -0.313 e. The van der Waals surface area contributed by atoms with Crippen LogP contribution in [0, 0.1) is 24.1 Å². The summed E-state index contributed by atoms with van der Waals surface area (Å²) in [5, 5.41) is 10.1. The molecular formula is C25H16ClFN2O3S. The fraction of sp³-hybridized carbons (Fsp3) is 0.0400. The van der Waals surface area contributed by atoms with E-state index in [0.717, 1.165) is 0 Å². The van der Waals surface area contributed by atoms with Crippen LogP contribution in [0.3, 0.4) is 0 Å². The number of benzene rings is 2. The maximum Gasteiger partial charge on any atom is 0.216 e. The van der Waals surface area contributed by atoms with E-state index in [4.69, 9.17) is 11.6 Å². The van der Waals surface area contributed by atoms with Crippen LogP contribution in [-0.2, 0) is 9.84 Å². The van der Waals surface area contributed by atoms with Crippen molar-refractivity contribution >= 4 is 38.8 Å². The molecule has 0 bridgehead atoms. The van der Waals surface area contributed by atoms with Crippen LogP contribution in [0.1, 0.15) is 27.2 Å². The fourth-order valence-electron chi connectivity index (χ4n) is 3.60. The third kappa shape index (κ3) is 4.07. The Morgan fingerprint density at radius 2 is 1.73 bits per heavy atom. The third-order valence-electron chi connectivity index (χ3n) is 5.26. The van der Waals surface area contributed by atoms with Gasteiger partial charge >= 0.3 is 0 Å². The molecule has 0 radical (unpaired) electrons. The zero-order chi connectivity index (χ0) is 23.8. The summed E-state index contributed by atoms with van der Waals surface area (Å²) in [6.45, 7) is 1.68. The second-order valence-electron chi connectivity index (χ2n) is 7.26. The zero-order valence-electron chi connectivity index (χ0n) is 17.3. The van der Waals surface area contributed by atoms with Gasteiger partial charge in [-0.05, 0) is 79.2 Å². The Kier molecular flexibility index (Phi) is 5.90. The summed E-state index contributed by atoms with van der Waals surface area (Å²) in [4.78, 5) is 12.7. The van der Waals surface area contributed by atoms with Gasteiger partial charge in [0, 0.05) is 22.3 Å². The smallest absolute Gasteiger partial charge is 0.216 e. The highest BCUT2D eigenvalue weighted by molar-refractivity contribution is 7.95. The van der Waals surface area contributed by atoms with Crippen LogP contribution >= 0.6 is 11.6 Å². The minimum absolute atomic E-state index is 0.0662. The maximum atomic E-state index is 13.3.